The maximum Gasteiger partial charge on any atom is 0 e. The molecule has 0 aliphatic rings. The molecule has 0 aromatic rings. The molecule has 0 unspecified atom stereocenters. The predicted molar refractivity (Wildman–Crippen MR) is 40.3 cm³/mol. The molecule has 0 saturated carbocycles. The van der Waals surface area contributed by atoms with Crippen LogP contribution >= 0.6 is 0 Å². The van der Waals surface area contributed by atoms with Crippen molar-refractivity contribution in [2.24, 2.45) is 0 Å². The van der Waals surface area contributed by atoms with Gasteiger partial charge in [0.25, 0.3) is 0 Å². The molecule has 0 saturated heterocycles. The fourth-order valence-electron chi connectivity index (χ4n) is 0. The Morgan fingerprint density at radius 1 is 0.143 bits per heavy atom. The smallest absolute Gasteiger partial charge is 0 e. The molecular weight excluding hydrogens is 161 g/mol. The minimum Gasteiger partial charge on any atom is 0 e. The van der Waals surface area contributed by atoms with E-state index in [1.807, 2.05) is 0 Å². The fourth-order valence-corrected chi connectivity index (χ4v) is 0. The molecule has 0 amide bonds. The van der Waals surface area contributed by atoms with Gasteiger partial charge in [0.1, 0.15) is 0 Å². The maximum atomic E-state index is 0. The van der Waals surface area contributed by atoms with E-state index in [-0.39, 0.29) is 207 Å². The molecule has 0 aromatic heterocycles. The molecule has 0 aromatic carbocycles. The topological polar surface area (TPSA) is 0 Å². The van der Waals surface area contributed by atoms with Crippen molar-refractivity contribution < 1.29 is 0 Å². The Labute approximate surface area is 200 Å². The Morgan fingerprint density at radius 3 is 0.143 bits per heavy atom. The van der Waals surface area contributed by atoms with Gasteiger partial charge in [-0.15, -0.1) is 0 Å². The summed E-state index contributed by atoms with van der Waals surface area (Å²) in [6.07, 6.45) is 0. The van der Waals surface area contributed by atoms with E-state index in [4.69, 9.17) is 0 Å². The van der Waals surface area contributed by atoms with Crippen molar-refractivity contribution in [3.8, 4) is 0 Å². The molecule has 7 valence electrons. The summed E-state index contributed by atoms with van der Waals surface area (Å²) in [5, 5.41) is 0. The Hall–Kier alpha value is 7.00. The van der Waals surface area contributed by atoms with Gasteiger partial charge in [0.15, 0.2) is 0 Å². The molecule has 7 heavy (non-hydrogen) atoms. The van der Waals surface area contributed by atoms with Crippen LogP contribution in [0.2, 0.25) is 0 Å². The SMILES string of the molecule is [Na].[Na].[Na].[Na].[Na].[Na].[Na]. The van der Waals surface area contributed by atoms with Gasteiger partial charge in [0, 0.05) is 207 Å². The van der Waals surface area contributed by atoms with Gasteiger partial charge in [-0.3, -0.25) is 0 Å². The van der Waals surface area contributed by atoms with Gasteiger partial charge in [-0.25, -0.2) is 0 Å². The summed E-state index contributed by atoms with van der Waals surface area (Å²) in [6, 6.07) is 0. The molecule has 0 N–H and O–H groups in total. The van der Waals surface area contributed by atoms with E-state index in [0.717, 1.165) is 0 Å². The van der Waals surface area contributed by atoms with Crippen molar-refractivity contribution in [2.45, 2.75) is 0 Å². The van der Waals surface area contributed by atoms with Crippen LogP contribution in [0.4, 0.5) is 0 Å². The predicted octanol–water partition coefficient (Wildman–Crippen LogP) is -2.67. The van der Waals surface area contributed by atoms with Gasteiger partial charge < -0.3 is 0 Å². The Balaban J connectivity index is 0. The minimum absolute atomic E-state index is 0. The molecule has 0 spiro atoms. The summed E-state index contributed by atoms with van der Waals surface area (Å²) < 4.78 is 0. The molecule has 0 aliphatic heterocycles. The summed E-state index contributed by atoms with van der Waals surface area (Å²) in [7, 11) is 0. The third kappa shape index (κ3) is 32.1. The molecule has 0 bridgehead atoms. The van der Waals surface area contributed by atoms with Crippen LogP contribution in [-0.2, 0) is 0 Å². The van der Waals surface area contributed by atoms with E-state index in [0.29, 0.717) is 0 Å². The number of hydrogen-bond donors (Lipinski definition) is 0. The van der Waals surface area contributed by atoms with Crippen molar-refractivity contribution >= 4 is 207 Å². The van der Waals surface area contributed by atoms with Gasteiger partial charge in [-0.05, 0) is 0 Å². The summed E-state index contributed by atoms with van der Waals surface area (Å²) >= 11 is 0. The second kappa shape index (κ2) is 38.2. The Morgan fingerprint density at radius 2 is 0.143 bits per heavy atom. The molecule has 7 radical (unpaired) electrons. The summed E-state index contributed by atoms with van der Waals surface area (Å²) in [5.74, 6) is 0. The molecule has 0 heterocycles. The second-order valence-electron chi connectivity index (χ2n) is 0. The van der Waals surface area contributed by atoms with Crippen LogP contribution in [0.5, 0.6) is 0 Å². The number of hydrogen-bond acceptors (Lipinski definition) is 0. The second-order valence-corrected chi connectivity index (χ2v) is 0. The zero-order valence-electron chi connectivity index (χ0n) is 7.00. The van der Waals surface area contributed by atoms with E-state index in [9.17, 15) is 0 Å². The third-order valence-corrected chi connectivity index (χ3v) is 0. The van der Waals surface area contributed by atoms with Crippen LogP contribution < -0.4 is 0 Å². The maximum absolute atomic E-state index is 0. The zero-order valence-corrected chi connectivity index (χ0v) is 21.0. The summed E-state index contributed by atoms with van der Waals surface area (Å²) in [5.41, 5.74) is 0. The Kier molecular flexibility index (Phi) is 264. The van der Waals surface area contributed by atoms with Crippen LogP contribution in [0.15, 0.2) is 0 Å². The van der Waals surface area contributed by atoms with Gasteiger partial charge in [-0.1, -0.05) is 0 Å². The van der Waals surface area contributed by atoms with Gasteiger partial charge in [0.2, 0.25) is 0 Å². The summed E-state index contributed by atoms with van der Waals surface area (Å²) in [6.45, 7) is 0. The van der Waals surface area contributed by atoms with Crippen LogP contribution in [0.1, 0.15) is 0 Å². The van der Waals surface area contributed by atoms with Gasteiger partial charge in [0.05, 0.1) is 0 Å². The molecule has 0 aliphatic carbocycles. The molecule has 0 nitrogen and oxygen atoms in total. The first kappa shape index (κ1) is 48.3. The Bertz CT molecular complexity index is 0. The van der Waals surface area contributed by atoms with Crippen LogP contribution in [0.3, 0.4) is 0 Å². The average molecular weight is 161 g/mol. The average Bonchev–Trinajstić information content (AvgIpc) is 0. The van der Waals surface area contributed by atoms with Crippen molar-refractivity contribution in [1.82, 2.24) is 0 Å². The van der Waals surface area contributed by atoms with E-state index < -0.39 is 0 Å². The van der Waals surface area contributed by atoms with Crippen LogP contribution in [0.25, 0.3) is 0 Å². The summed E-state index contributed by atoms with van der Waals surface area (Å²) in [4.78, 5) is 0. The van der Waals surface area contributed by atoms with Crippen LogP contribution in [0, 0.1) is 0 Å². The van der Waals surface area contributed by atoms with E-state index >= 15 is 0 Å². The molecule has 0 fully saturated rings. The van der Waals surface area contributed by atoms with E-state index in [1.54, 1.807) is 0 Å². The first-order chi connectivity index (χ1) is 0. The van der Waals surface area contributed by atoms with Gasteiger partial charge >= 0.3 is 0 Å². The van der Waals surface area contributed by atoms with Crippen molar-refractivity contribution in [3.05, 3.63) is 0 Å². The standard InChI is InChI=1S/7Na. The van der Waals surface area contributed by atoms with Crippen molar-refractivity contribution in [2.75, 3.05) is 0 Å². The first-order valence-corrected chi connectivity index (χ1v) is 0. The normalized spacial score (nSPS) is 0. The quantitative estimate of drug-likeness (QED) is 0.340. The molecule has 0 rings (SSSR count). The molecular formula is Na7. The van der Waals surface area contributed by atoms with Crippen molar-refractivity contribution in [1.29, 1.82) is 0 Å². The fraction of sp³-hybridized carbons (Fsp3) is 0. The molecule has 7 heteroatoms. The molecule has 0 atom stereocenters. The minimum atomic E-state index is 0. The number of rotatable bonds is 0. The first-order valence-electron chi connectivity index (χ1n) is 0. The van der Waals surface area contributed by atoms with E-state index in [1.165, 1.54) is 0 Å². The van der Waals surface area contributed by atoms with Crippen molar-refractivity contribution in [3.63, 3.8) is 0 Å². The third-order valence-electron chi connectivity index (χ3n) is 0. The van der Waals surface area contributed by atoms with Crippen LogP contribution in [-0.4, -0.2) is 207 Å². The van der Waals surface area contributed by atoms with E-state index in [2.05, 4.69) is 0 Å². The van der Waals surface area contributed by atoms with Gasteiger partial charge in [-0.2, -0.15) is 0 Å². The monoisotopic (exact) mass is 161 g/mol. The largest absolute Gasteiger partial charge is 0 e. The zero-order chi connectivity index (χ0) is 0.